The highest BCUT2D eigenvalue weighted by Gasteiger charge is 2.22. The zero-order valence-electron chi connectivity index (χ0n) is 17.3. The van der Waals surface area contributed by atoms with E-state index in [9.17, 15) is 14.0 Å². The number of nitrogens with one attached hydrogen (secondary N) is 3. The van der Waals surface area contributed by atoms with Gasteiger partial charge in [0.1, 0.15) is 5.82 Å². The molecule has 0 radical (unpaired) electrons. The van der Waals surface area contributed by atoms with Crippen LogP contribution < -0.4 is 20.8 Å². The third kappa shape index (κ3) is 3.82. The van der Waals surface area contributed by atoms with Crippen LogP contribution in [0.1, 0.15) is 10.4 Å². The Morgan fingerprint density at radius 1 is 0.844 bits per heavy atom. The minimum atomic E-state index is -0.584. The summed E-state index contributed by atoms with van der Waals surface area (Å²) in [6.07, 6.45) is 0. The van der Waals surface area contributed by atoms with Crippen LogP contribution in [0.25, 0.3) is 11.0 Å². The van der Waals surface area contributed by atoms with Crippen LogP contribution in [0, 0.1) is 5.82 Å². The Balaban J connectivity index is 1.45. The summed E-state index contributed by atoms with van der Waals surface area (Å²) in [5, 5.41) is 2.84. The summed E-state index contributed by atoms with van der Waals surface area (Å²) in [4.78, 5) is 34.6. The lowest BCUT2D eigenvalue weighted by Gasteiger charge is -2.38. The quantitative estimate of drug-likeness (QED) is 0.461. The fourth-order valence-corrected chi connectivity index (χ4v) is 4.11. The van der Waals surface area contributed by atoms with E-state index in [1.165, 1.54) is 17.8 Å². The van der Waals surface area contributed by atoms with Crippen molar-refractivity contribution in [1.82, 2.24) is 9.97 Å². The number of hydrogen-bond donors (Lipinski definition) is 3. The average Bonchev–Trinajstić information content (AvgIpc) is 3.18. The van der Waals surface area contributed by atoms with E-state index in [4.69, 9.17) is 0 Å². The molecular formula is C24H22FN5O2. The van der Waals surface area contributed by atoms with E-state index in [0.29, 0.717) is 16.7 Å². The van der Waals surface area contributed by atoms with E-state index in [1.54, 1.807) is 18.2 Å². The molecule has 1 saturated heterocycles. The van der Waals surface area contributed by atoms with Crippen LogP contribution in [-0.4, -0.2) is 42.1 Å². The van der Waals surface area contributed by atoms with Gasteiger partial charge in [0.25, 0.3) is 5.91 Å². The van der Waals surface area contributed by atoms with Crippen molar-refractivity contribution in [3.63, 3.8) is 0 Å². The maximum absolute atomic E-state index is 14.1. The van der Waals surface area contributed by atoms with Crippen LogP contribution in [-0.2, 0) is 0 Å². The van der Waals surface area contributed by atoms with E-state index >= 15 is 0 Å². The van der Waals surface area contributed by atoms with Gasteiger partial charge in [-0.1, -0.05) is 30.3 Å². The fraction of sp³-hybridized carbons (Fsp3) is 0.167. The smallest absolute Gasteiger partial charge is 0.323 e. The third-order valence-electron chi connectivity index (χ3n) is 5.74. The number of fused-ring (bicyclic) bond motifs is 1. The summed E-state index contributed by atoms with van der Waals surface area (Å²) in [6.45, 7) is 3.09. The van der Waals surface area contributed by atoms with Gasteiger partial charge in [0.15, 0.2) is 0 Å². The fourth-order valence-electron chi connectivity index (χ4n) is 4.11. The number of aromatic nitrogens is 2. The average molecular weight is 431 g/mol. The van der Waals surface area contributed by atoms with Gasteiger partial charge in [-0.2, -0.15) is 0 Å². The first kappa shape index (κ1) is 19.9. The van der Waals surface area contributed by atoms with Gasteiger partial charge >= 0.3 is 5.69 Å². The molecule has 2 heterocycles. The summed E-state index contributed by atoms with van der Waals surface area (Å²) in [6, 6.07) is 19.6. The highest BCUT2D eigenvalue weighted by molar-refractivity contribution is 6.07. The first-order valence-corrected chi connectivity index (χ1v) is 10.5. The molecule has 1 fully saturated rings. The third-order valence-corrected chi connectivity index (χ3v) is 5.74. The van der Waals surface area contributed by atoms with Crippen molar-refractivity contribution in [2.45, 2.75) is 0 Å². The number of rotatable bonds is 4. The Bertz CT molecular complexity index is 1320. The molecule has 4 aromatic rings. The molecule has 0 saturated carbocycles. The lowest BCUT2D eigenvalue weighted by Crippen LogP contribution is -2.46. The highest BCUT2D eigenvalue weighted by Crippen LogP contribution is 2.32. The number of aromatic amines is 2. The number of para-hydroxylation sites is 1. The summed E-state index contributed by atoms with van der Waals surface area (Å²) < 4.78 is 14.1. The predicted octanol–water partition coefficient (Wildman–Crippen LogP) is 3.57. The number of benzene rings is 3. The number of piperazine rings is 1. The molecule has 1 aliphatic heterocycles. The molecule has 1 aliphatic rings. The van der Waals surface area contributed by atoms with Crippen molar-refractivity contribution >= 4 is 34.0 Å². The maximum Gasteiger partial charge on any atom is 0.323 e. The minimum Gasteiger partial charge on any atom is -0.368 e. The monoisotopic (exact) mass is 431 g/mol. The second kappa shape index (κ2) is 8.22. The molecule has 0 spiro atoms. The normalized spacial score (nSPS) is 14.0. The molecule has 3 aromatic carbocycles. The Kier molecular flexibility index (Phi) is 5.10. The van der Waals surface area contributed by atoms with Crippen LogP contribution in [0.4, 0.5) is 21.5 Å². The Labute approximate surface area is 183 Å². The number of carbonyl (C=O) groups is 1. The number of halogens is 1. The Hall–Kier alpha value is -4.07. The van der Waals surface area contributed by atoms with E-state index in [1.807, 2.05) is 24.3 Å². The second-order valence-corrected chi connectivity index (χ2v) is 7.74. The summed E-state index contributed by atoms with van der Waals surface area (Å²) in [5.74, 6) is -1.12. The van der Waals surface area contributed by atoms with E-state index in [-0.39, 0.29) is 11.3 Å². The topological polar surface area (TPSA) is 84.2 Å². The van der Waals surface area contributed by atoms with E-state index in [2.05, 4.69) is 37.2 Å². The van der Waals surface area contributed by atoms with Crippen molar-refractivity contribution in [2.24, 2.45) is 0 Å². The van der Waals surface area contributed by atoms with Crippen LogP contribution >= 0.6 is 0 Å². The number of carbonyl (C=O) groups excluding carboxylic acids is 1. The molecule has 0 unspecified atom stereocenters. The summed E-state index contributed by atoms with van der Waals surface area (Å²) in [7, 11) is 0. The number of amides is 1. The standard InChI is InChI=1S/C24H22FN5O2/c25-18-9-5-4-8-17(18)23(31)26-21-14-19-20(28-24(32)27-19)15-22(21)30-12-10-29(11-13-30)16-6-2-1-3-7-16/h1-9,14-15H,10-13H2,(H,26,31)(H2,27,28,32). The maximum atomic E-state index is 14.1. The number of imidazole rings is 1. The molecule has 1 aromatic heterocycles. The van der Waals surface area contributed by atoms with Crippen LogP contribution in [0.15, 0.2) is 71.5 Å². The van der Waals surface area contributed by atoms with Gasteiger partial charge in [0.2, 0.25) is 0 Å². The molecular weight excluding hydrogens is 409 g/mol. The molecule has 1 amide bonds. The number of nitrogens with zero attached hydrogens (tertiary/aromatic N) is 2. The van der Waals surface area contributed by atoms with Gasteiger partial charge in [0.05, 0.1) is 28.0 Å². The lowest BCUT2D eigenvalue weighted by molar-refractivity contribution is 0.102. The predicted molar refractivity (Wildman–Crippen MR) is 124 cm³/mol. The van der Waals surface area contributed by atoms with Crippen molar-refractivity contribution in [1.29, 1.82) is 0 Å². The van der Waals surface area contributed by atoms with Crippen molar-refractivity contribution in [2.75, 3.05) is 41.3 Å². The molecule has 0 aliphatic carbocycles. The van der Waals surface area contributed by atoms with Gasteiger partial charge in [-0.25, -0.2) is 9.18 Å². The molecule has 0 bridgehead atoms. The van der Waals surface area contributed by atoms with Crippen LogP contribution in [0.2, 0.25) is 0 Å². The SMILES string of the molecule is O=C(Nc1cc2[nH]c(=O)[nH]c2cc1N1CCN(c2ccccc2)CC1)c1ccccc1F. The zero-order chi connectivity index (χ0) is 22.1. The largest absolute Gasteiger partial charge is 0.368 e. The molecule has 7 nitrogen and oxygen atoms in total. The summed E-state index contributed by atoms with van der Waals surface area (Å²) >= 11 is 0. The first-order valence-electron chi connectivity index (χ1n) is 10.5. The number of hydrogen-bond acceptors (Lipinski definition) is 4. The number of anilines is 3. The van der Waals surface area contributed by atoms with Crippen molar-refractivity contribution in [3.8, 4) is 0 Å². The lowest BCUT2D eigenvalue weighted by atomic mass is 10.1. The minimum absolute atomic E-state index is 0.0324. The highest BCUT2D eigenvalue weighted by atomic mass is 19.1. The number of H-pyrrole nitrogens is 2. The molecule has 5 rings (SSSR count). The van der Waals surface area contributed by atoms with Crippen LogP contribution in [0.3, 0.4) is 0 Å². The first-order chi connectivity index (χ1) is 15.6. The Morgan fingerprint density at radius 3 is 2.19 bits per heavy atom. The Morgan fingerprint density at radius 2 is 1.47 bits per heavy atom. The van der Waals surface area contributed by atoms with Crippen molar-refractivity contribution in [3.05, 3.63) is 88.6 Å². The molecule has 0 atom stereocenters. The second-order valence-electron chi connectivity index (χ2n) is 7.74. The van der Waals surface area contributed by atoms with Gasteiger partial charge in [0, 0.05) is 31.9 Å². The van der Waals surface area contributed by atoms with Gasteiger partial charge < -0.3 is 25.1 Å². The molecule has 162 valence electrons. The van der Waals surface area contributed by atoms with Gasteiger partial charge in [-0.05, 0) is 36.4 Å². The van der Waals surface area contributed by atoms with Gasteiger partial charge in [-0.15, -0.1) is 0 Å². The van der Waals surface area contributed by atoms with E-state index < -0.39 is 11.7 Å². The zero-order valence-corrected chi connectivity index (χ0v) is 17.3. The molecule has 3 N–H and O–H groups in total. The summed E-state index contributed by atoms with van der Waals surface area (Å²) in [5.41, 5.74) is 3.35. The van der Waals surface area contributed by atoms with Gasteiger partial charge in [-0.3, -0.25) is 4.79 Å². The van der Waals surface area contributed by atoms with Crippen LogP contribution in [0.5, 0.6) is 0 Å². The van der Waals surface area contributed by atoms with E-state index in [0.717, 1.165) is 31.9 Å². The van der Waals surface area contributed by atoms with Crippen molar-refractivity contribution < 1.29 is 9.18 Å². The molecule has 8 heteroatoms. The molecule has 32 heavy (non-hydrogen) atoms.